The molecule has 0 N–H and O–H groups in total. The normalized spacial score (nSPS) is 14.5. The van der Waals surface area contributed by atoms with Gasteiger partial charge in [-0.2, -0.15) is 0 Å². The number of fused-ring (bicyclic) bond motifs is 9. The van der Waals surface area contributed by atoms with Crippen molar-refractivity contribution < 1.29 is 4.42 Å². The Labute approximate surface area is 351 Å². The van der Waals surface area contributed by atoms with Gasteiger partial charge < -0.3 is 9.32 Å². The first kappa shape index (κ1) is 34.8. The Morgan fingerprint density at radius 1 is 0.483 bits per heavy atom. The molecule has 0 bridgehead atoms. The van der Waals surface area contributed by atoms with Gasteiger partial charge in [0, 0.05) is 38.8 Å². The van der Waals surface area contributed by atoms with Crippen molar-refractivity contribution in [3.05, 3.63) is 216 Å². The van der Waals surface area contributed by atoms with Crippen LogP contribution < -0.4 is 4.90 Å². The van der Waals surface area contributed by atoms with Crippen molar-refractivity contribution in [2.24, 2.45) is 0 Å². The highest BCUT2D eigenvalue weighted by molar-refractivity contribution is 6.11. The molecular weight excluding hydrogens is 727 g/mol. The van der Waals surface area contributed by atoms with Crippen LogP contribution in [0.1, 0.15) is 54.5 Å². The summed E-state index contributed by atoms with van der Waals surface area (Å²) >= 11 is 0. The van der Waals surface area contributed by atoms with E-state index in [-0.39, 0.29) is 5.41 Å². The van der Waals surface area contributed by atoms with Crippen LogP contribution in [0.15, 0.2) is 193 Å². The smallest absolute Gasteiger partial charge is 0.143 e. The van der Waals surface area contributed by atoms with Crippen molar-refractivity contribution in [2.75, 3.05) is 4.90 Å². The van der Waals surface area contributed by atoms with Gasteiger partial charge in [-0.25, -0.2) is 0 Å². The van der Waals surface area contributed by atoms with E-state index >= 15 is 0 Å². The summed E-state index contributed by atoms with van der Waals surface area (Å²) in [6.45, 7) is 4.73. The maximum Gasteiger partial charge on any atom is 0.143 e. The summed E-state index contributed by atoms with van der Waals surface area (Å²) in [6.07, 6.45) is 10.00. The molecule has 0 aliphatic heterocycles. The van der Waals surface area contributed by atoms with E-state index in [1.807, 2.05) is 0 Å². The first-order valence-corrected chi connectivity index (χ1v) is 21.3. The second kappa shape index (κ2) is 13.4. The lowest BCUT2D eigenvalue weighted by Gasteiger charge is -2.29. The lowest BCUT2D eigenvalue weighted by Crippen LogP contribution is -2.16. The molecular formula is C58H43NO. The van der Waals surface area contributed by atoms with Gasteiger partial charge in [-0.15, -0.1) is 0 Å². The van der Waals surface area contributed by atoms with Crippen LogP contribution in [-0.4, -0.2) is 0 Å². The van der Waals surface area contributed by atoms with E-state index in [2.05, 4.69) is 207 Å². The Bertz CT molecular complexity index is 3260. The van der Waals surface area contributed by atoms with Gasteiger partial charge in [-0.3, -0.25) is 0 Å². The molecule has 2 heteroatoms. The van der Waals surface area contributed by atoms with E-state index < -0.39 is 0 Å². The third kappa shape index (κ3) is 5.34. The molecule has 286 valence electrons. The van der Waals surface area contributed by atoms with Gasteiger partial charge in [-0.05, 0) is 134 Å². The third-order valence-electron chi connectivity index (χ3n) is 13.4. The minimum Gasteiger partial charge on any atom is -0.455 e. The number of anilines is 3. The van der Waals surface area contributed by atoms with Crippen molar-refractivity contribution in [2.45, 2.75) is 38.5 Å². The first-order chi connectivity index (χ1) is 29.5. The fourth-order valence-electron chi connectivity index (χ4n) is 10.4. The van der Waals surface area contributed by atoms with E-state index in [9.17, 15) is 0 Å². The summed E-state index contributed by atoms with van der Waals surface area (Å²) in [7, 11) is 0. The third-order valence-corrected chi connectivity index (χ3v) is 13.4. The number of rotatable bonds is 6. The van der Waals surface area contributed by atoms with Crippen LogP contribution in [0.25, 0.3) is 72.0 Å². The molecule has 3 aliphatic carbocycles. The van der Waals surface area contributed by atoms with Crippen LogP contribution in [-0.2, 0) is 11.8 Å². The standard InChI is InChI=1S/C58H43NO/c1-58(2)54-24-10-8-18-47(54)48-33-31-42(36-55(48)58)59(40-28-26-38(27-29-40)37-14-4-3-5-15-37)41-30-32-46(45-21-12-20-44-43-17-7-6-16-39(43)34-52(44)45)53(35-41)51-23-13-22-50-49-19-9-11-25-56(49)60-57(50)51/h4,6-33,35-36H,3,5,34H2,1-2H3. The summed E-state index contributed by atoms with van der Waals surface area (Å²) < 4.78 is 6.79. The molecule has 8 aromatic carbocycles. The zero-order valence-electron chi connectivity index (χ0n) is 33.9. The van der Waals surface area contributed by atoms with E-state index in [1.54, 1.807) is 0 Å². The van der Waals surface area contributed by atoms with Crippen LogP contribution in [0.5, 0.6) is 0 Å². The van der Waals surface area contributed by atoms with Gasteiger partial charge in [0.1, 0.15) is 11.2 Å². The van der Waals surface area contributed by atoms with Crippen molar-refractivity contribution in [3.8, 4) is 44.5 Å². The molecule has 0 saturated carbocycles. The van der Waals surface area contributed by atoms with Crippen LogP contribution in [0.2, 0.25) is 0 Å². The summed E-state index contributed by atoms with van der Waals surface area (Å²) in [4.78, 5) is 2.45. The molecule has 0 radical (unpaired) electrons. The van der Waals surface area contributed by atoms with Crippen molar-refractivity contribution >= 4 is 44.6 Å². The Morgan fingerprint density at radius 2 is 1.13 bits per heavy atom. The van der Waals surface area contributed by atoms with Crippen molar-refractivity contribution in [1.82, 2.24) is 0 Å². The van der Waals surface area contributed by atoms with Crippen LogP contribution >= 0.6 is 0 Å². The SMILES string of the molecule is CC1(C)c2ccccc2-c2ccc(N(c3ccc(C4=CCCC=C4)cc3)c3ccc(-c4cccc5c4Cc4ccccc4-5)c(-c4cccc5c4oc4ccccc45)c3)cc21. The minimum absolute atomic E-state index is 0.130. The van der Waals surface area contributed by atoms with Gasteiger partial charge in [0.15, 0.2) is 0 Å². The predicted molar refractivity (Wildman–Crippen MR) is 251 cm³/mol. The quantitative estimate of drug-likeness (QED) is 0.167. The topological polar surface area (TPSA) is 16.4 Å². The molecule has 0 atom stereocenters. The number of benzene rings is 8. The molecule has 60 heavy (non-hydrogen) atoms. The van der Waals surface area contributed by atoms with Crippen LogP contribution in [0.4, 0.5) is 17.1 Å². The number of allylic oxidation sites excluding steroid dienone is 4. The van der Waals surface area contributed by atoms with E-state index in [0.29, 0.717) is 0 Å². The average molecular weight is 770 g/mol. The molecule has 9 aromatic rings. The fraction of sp³-hybridized carbons (Fsp3) is 0.103. The zero-order chi connectivity index (χ0) is 40.0. The van der Waals surface area contributed by atoms with Gasteiger partial charge in [0.25, 0.3) is 0 Å². The second-order valence-electron chi connectivity index (χ2n) is 17.1. The molecule has 0 spiro atoms. The van der Waals surface area contributed by atoms with Gasteiger partial charge in [0.2, 0.25) is 0 Å². The number of nitrogens with zero attached hydrogens (tertiary/aromatic N) is 1. The minimum atomic E-state index is -0.130. The summed E-state index contributed by atoms with van der Waals surface area (Å²) in [5, 5.41) is 2.26. The van der Waals surface area contributed by atoms with E-state index in [1.165, 1.54) is 66.8 Å². The van der Waals surface area contributed by atoms with E-state index in [4.69, 9.17) is 4.42 Å². The molecule has 0 unspecified atom stereocenters. The largest absolute Gasteiger partial charge is 0.455 e. The first-order valence-electron chi connectivity index (χ1n) is 21.3. The van der Waals surface area contributed by atoms with Crippen molar-refractivity contribution in [3.63, 3.8) is 0 Å². The molecule has 2 nitrogen and oxygen atoms in total. The molecule has 0 amide bonds. The summed E-state index contributed by atoms with van der Waals surface area (Å²) in [6, 6.07) is 63.0. The van der Waals surface area contributed by atoms with E-state index in [0.717, 1.165) is 69.4 Å². The van der Waals surface area contributed by atoms with Crippen LogP contribution in [0, 0.1) is 0 Å². The molecule has 1 heterocycles. The fourth-order valence-corrected chi connectivity index (χ4v) is 10.4. The zero-order valence-corrected chi connectivity index (χ0v) is 33.9. The molecule has 0 fully saturated rings. The summed E-state index contributed by atoms with van der Waals surface area (Å²) in [5.74, 6) is 0. The number of para-hydroxylation sites is 2. The Balaban J connectivity index is 1.09. The Hall–Kier alpha value is -7.16. The van der Waals surface area contributed by atoms with Crippen molar-refractivity contribution in [1.29, 1.82) is 0 Å². The predicted octanol–water partition coefficient (Wildman–Crippen LogP) is 16.0. The maximum absolute atomic E-state index is 6.79. The van der Waals surface area contributed by atoms with Gasteiger partial charge >= 0.3 is 0 Å². The monoisotopic (exact) mass is 769 g/mol. The van der Waals surface area contributed by atoms with Crippen LogP contribution in [0.3, 0.4) is 0 Å². The highest BCUT2D eigenvalue weighted by atomic mass is 16.3. The highest BCUT2D eigenvalue weighted by Crippen LogP contribution is 2.52. The Morgan fingerprint density at radius 3 is 1.98 bits per heavy atom. The maximum atomic E-state index is 6.79. The summed E-state index contributed by atoms with van der Waals surface area (Å²) in [5.41, 5.74) is 23.1. The van der Waals surface area contributed by atoms with Gasteiger partial charge in [-0.1, -0.05) is 159 Å². The average Bonchev–Trinajstić information content (AvgIpc) is 3.95. The lowest BCUT2D eigenvalue weighted by molar-refractivity contribution is 0.660. The molecule has 3 aliphatic rings. The lowest BCUT2D eigenvalue weighted by atomic mass is 9.82. The number of hydrogen-bond acceptors (Lipinski definition) is 2. The highest BCUT2D eigenvalue weighted by Gasteiger charge is 2.36. The number of furan rings is 1. The molecule has 1 aromatic heterocycles. The number of hydrogen-bond donors (Lipinski definition) is 0. The second-order valence-corrected chi connectivity index (χ2v) is 17.1. The van der Waals surface area contributed by atoms with Gasteiger partial charge in [0.05, 0.1) is 0 Å². The molecule has 12 rings (SSSR count). The molecule has 0 saturated heterocycles. The Kier molecular flexibility index (Phi) is 7.81.